The van der Waals surface area contributed by atoms with Gasteiger partial charge in [-0.25, -0.2) is 8.78 Å². The second-order valence-electron chi connectivity index (χ2n) is 4.03. The second-order valence-corrected chi connectivity index (χ2v) is 4.94. The molecule has 0 spiro atoms. The van der Waals surface area contributed by atoms with E-state index in [9.17, 15) is 13.6 Å². The van der Waals surface area contributed by atoms with Crippen LogP contribution >= 0.6 is 15.9 Å². The Kier molecular flexibility index (Phi) is 4.04. The van der Waals surface area contributed by atoms with E-state index < -0.39 is 17.4 Å². The molecule has 0 bridgehead atoms. The fourth-order valence-corrected chi connectivity index (χ4v) is 2.12. The van der Waals surface area contributed by atoms with Gasteiger partial charge < -0.3 is 10.5 Å². The molecule has 2 N–H and O–H groups in total. The molecule has 0 aliphatic rings. The summed E-state index contributed by atoms with van der Waals surface area (Å²) < 4.78 is 32.1. The number of hydrogen-bond acceptors (Lipinski definition) is 3. The average Bonchev–Trinajstić information content (AvgIpc) is 2.42. The lowest BCUT2D eigenvalue weighted by Crippen LogP contribution is -2.08. The summed E-state index contributed by atoms with van der Waals surface area (Å²) in [7, 11) is 1.41. The highest BCUT2D eigenvalue weighted by molar-refractivity contribution is 9.10. The minimum atomic E-state index is -1.13. The summed E-state index contributed by atoms with van der Waals surface area (Å²) >= 11 is 3.24. The number of carbonyl (C=O) groups excluding carboxylic acids is 1. The van der Waals surface area contributed by atoms with E-state index in [4.69, 9.17) is 10.5 Å². The SMILES string of the molecule is COc1ccc(Br)cc1C(=O)c1cc(F)c(F)cc1N. The normalized spacial score (nSPS) is 10.4. The molecular formula is C14H10BrF2NO2. The number of ether oxygens (including phenoxy) is 1. The fraction of sp³-hybridized carbons (Fsp3) is 0.0714. The third kappa shape index (κ3) is 2.65. The predicted molar refractivity (Wildman–Crippen MR) is 74.9 cm³/mol. The number of hydrogen-bond donors (Lipinski definition) is 1. The quantitative estimate of drug-likeness (QED) is 0.686. The van der Waals surface area contributed by atoms with Gasteiger partial charge in [-0.05, 0) is 24.3 Å². The first kappa shape index (κ1) is 14.5. The number of carbonyl (C=O) groups is 1. The largest absolute Gasteiger partial charge is 0.496 e. The predicted octanol–water partition coefficient (Wildman–Crippen LogP) is 3.55. The van der Waals surface area contributed by atoms with Crippen molar-refractivity contribution in [2.45, 2.75) is 0 Å². The molecule has 0 atom stereocenters. The number of rotatable bonds is 3. The molecule has 0 aliphatic heterocycles. The summed E-state index contributed by atoms with van der Waals surface area (Å²) in [5.74, 6) is -2.45. The number of ketones is 1. The molecule has 0 radical (unpaired) electrons. The van der Waals surface area contributed by atoms with Crippen molar-refractivity contribution in [3.8, 4) is 5.75 Å². The van der Waals surface area contributed by atoms with Gasteiger partial charge in [0, 0.05) is 21.8 Å². The Morgan fingerprint density at radius 1 is 1.15 bits per heavy atom. The molecule has 2 aromatic carbocycles. The molecule has 0 heterocycles. The van der Waals surface area contributed by atoms with Crippen molar-refractivity contribution >= 4 is 27.4 Å². The molecule has 104 valence electrons. The van der Waals surface area contributed by atoms with Gasteiger partial charge in [-0.1, -0.05) is 15.9 Å². The van der Waals surface area contributed by atoms with Crippen molar-refractivity contribution < 1.29 is 18.3 Å². The van der Waals surface area contributed by atoms with Gasteiger partial charge in [-0.3, -0.25) is 4.79 Å². The lowest BCUT2D eigenvalue weighted by atomic mass is 10.0. The summed E-state index contributed by atoms with van der Waals surface area (Å²) in [6, 6.07) is 6.39. The summed E-state index contributed by atoms with van der Waals surface area (Å²) in [5.41, 5.74) is 5.55. The minimum absolute atomic E-state index is 0.111. The molecule has 2 rings (SSSR count). The van der Waals surface area contributed by atoms with E-state index >= 15 is 0 Å². The highest BCUT2D eigenvalue weighted by Gasteiger charge is 2.19. The molecule has 0 aromatic heterocycles. The van der Waals surface area contributed by atoms with Crippen molar-refractivity contribution in [3.63, 3.8) is 0 Å². The third-order valence-electron chi connectivity index (χ3n) is 2.74. The first-order chi connectivity index (χ1) is 9.43. The van der Waals surface area contributed by atoms with Gasteiger partial charge in [-0.2, -0.15) is 0 Å². The van der Waals surface area contributed by atoms with E-state index in [1.165, 1.54) is 13.2 Å². The summed E-state index contributed by atoms with van der Waals surface area (Å²) in [4.78, 5) is 12.4. The van der Waals surface area contributed by atoms with E-state index in [1.54, 1.807) is 12.1 Å². The zero-order valence-corrected chi connectivity index (χ0v) is 12.0. The van der Waals surface area contributed by atoms with E-state index in [2.05, 4.69) is 15.9 Å². The standard InChI is InChI=1S/C14H10BrF2NO2/c1-20-13-3-2-7(15)4-9(13)14(19)8-5-10(16)11(17)6-12(8)18/h2-6H,18H2,1H3. The molecular weight excluding hydrogens is 332 g/mol. The number of benzene rings is 2. The second kappa shape index (κ2) is 5.58. The van der Waals surface area contributed by atoms with Crippen LogP contribution < -0.4 is 10.5 Å². The van der Waals surface area contributed by atoms with Crippen LogP contribution in [-0.4, -0.2) is 12.9 Å². The molecule has 0 amide bonds. The van der Waals surface area contributed by atoms with Crippen LogP contribution in [0.15, 0.2) is 34.8 Å². The van der Waals surface area contributed by atoms with Gasteiger partial charge in [0.25, 0.3) is 0 Å². The molecule has 2 aromatic rings. The number of methoxy groups -OCH3 is 1. The van der Waals surface area contributed by atoms with Crippen LogP contribution in [0.25, 0.3) is 0 Å². The maximum absolute atomic E-state index is 13.3. The summed E-state index contributed by atoms with van der Waals surface area (Å²) in [6.45, 7) is 0. The van der Waals surface area contributed by atoms with E-state index in [0.29, 0.717) is 10.2 Å². The third-order valence-corrected chi connectivity index (χ3v) is 3.24. The Morgan fingerprint density at radius 2 is 1.80 bits per heavy atom. The van der Waals surface area contributed by atoms with E-state index in [1.807, 2.05) is 0 Å². The van der Waals surface area contributed by atoms with E-state index in [0.717, 1.165) is 12.1 Å². The summed E-state index contributed by atoms with van der Waals surface area (Å²) in [5, 5.41) is 0. The highest BCUT2D eigenvalue weighted by atomic mass is 79.9. The first-order valence-electron chi connectivity index (χ1n) is 5.56. The Labute approximate surface area is 122 Å². The van der Waals surface area contributed by atoms with Crippen LogP contribution in [-0.2, 0) is 0 Å². The Balaban J connectivity index is 2.57. The number of halogens is 3. The lowest BCUT2D eigenvalue weighted by molar-refractivity contribution is 0.103. The van der Waals surface area contributed by atoms with Crippen molar-refractivity contribution in [2.24, 2.45) is 0 Å². The van der Waals surface area contributed by atoms with Crippen molar-refractivity contribution in [1.82, 2.24) is 0 Å². The Hall–Kier alpha value is -1.95. The monoisotopic (exact) mass is 341 g/mol. The van der Waals surface area contributed by atoms with E-state index in [-0.39, 0.29) is 16.8 Å². The molecule has 0 saturated heterocycles. The highest BCUT2D eigenvalue weighted by Crippen LogP contribution is 2.28. The van der Waals surface area contributed by atoms with Crippen LogP contribution in [0.1, 0.15) is 15.9 Å². The Bertz CT molecular complexity index is 689. The van der Waals surface area contributed by atoms with Crippen LogP contribution in [0.5, 0.6) is 5.75 Å². The number of anilines is 1. The van der Waals surface area contributed by atoms with Crippen LogP contribution in [0.4, 0.5) is 14.5 Å². The van der Waals surface area contributed by atoms with Gasteiger partial charge >= 0.3 is 0 Å². The van der Waals surface area contributed by atoms with Gasteiger partial charge in [0.2, 0.25) is 0 Å². The van der Waals surface area contributed by atoms with Crippen molar-refractivity contribution in [2.75, 3.05) is 12.8 Å². The minimum Gasteiger partial charge on any atom is -0.496 e. The van der Waals surface area contributed by atoms with Crippen molar-refractivity contribution in [3.05, 3.63) is 57.6 Å². The van der Waals surface area contributed by atoms with Gasteiger partial charge in [0.15, 0.2) is 17.4 Å². The molecule has 0 fully saturated rings. The molecule has 20 heavy (non-hydrogen) atoms. The van der Waals surface area contributed by atoms with Crippen molar-refractivity contribution in [1.29, 1.82) is 0 Å². The number of nitrogens with two attached hydrogens (primary N) is 1. The summed E-state index contributed by atoms with van der Waals surface area (Å²) in [6.07, 6.45) is 0. The smallest absolute Gasteiger partial charge is 0.198 e. The molecule has 0 aliphatic carbocycles. The van der Waals surface area contributed by atoms with Crippen LogP contribution in [0, 0.1) is 11.6 Å². The fourth-order valence-electron chi connectivity index (χ4n) is 1.76. The average molecular weight is 342 g/mol. The molecule has 0 unspecified atom stereocenters. The zero-order valence-electron chi connectivity index (χ0n) is 10.4. The van der Waals surface area contributed by atoms with Crippen LogP contribution in [0.3, 0.4) is 0 Å². The van der Waals surface area contributed by atoms with Gasteiger partial charge in [0.1, 0.15) is 5.75 Å². The van der Waals surface area contributed by atoms with Gasteiger partial charge in [-0.15, -0.1) is 0 Å². The van der Waals surface area contributed by atoms with Crippen LogP contribution in [0.2, 0.25) is 0 Å². The lowest BCUT2D eigenvalue weighted by Gasteiger charge is -2.10. The molecule has 3 nitrogen and oxygen atoms in total. The maximum atomic E-state index is 13.3. The number of nitrogen functional groups attached to an aromatic ring is 1. The maximum Gasteiger partial charge on any atom is 0.198 e. The molecule has 0 saturated carbocycles. The Morgan fingerprint density at radius 3 is 2.45 bits per heavy atom. The first-order valence-corrected chi connectivity index (χ1v) is 6.36. The molecule has 6 heteroatoms. The topological polar surface area (TPSA) is 52.3 Å². The zero-order chi connectivity index (χ0) is 14.9. The van der Waals surface area contributed by atoms with Gasteiger partial charge in [0.05, 0.1) is 12.7 Å².